The normalized spacial score (nSPS) is 23.5. The summed E-state index contributed by atoms with van der Waals surface area (Å²) in [6, 6.07) is 2.71. The van der Waals surface area contributed by atoms with Gasteiger partial charge in [0.2, 0.25) is 0 Å². The summed E-state index contributed by atoms with van der Waals surface area (Å²) in [6.07, 6.45) is -6.95. The van der Waals surface area contributed by atoms with E-state index in [4.69, 9.17) is 27.9 Å². The molecule has 0 bridgehead atoms. The van der Waals surface area contributed by atoms with Gasteiger partial charge in [0, 0.05) is 29.0 Å². The first-order valence-electron chi connectivity index (χ1n) is 11.7. The van der Waals surface area contributed by atoms with E-state index in [2.05, 4.69) is 20.2 Å². The lowest BCUT2D eigenvalue weighted by atomic mass is 9.92. The highest BCUT2D eigenvalue weighted by Crippen LogP contribution is 2.41. The minimum Gasteiger partial charge on any atom is -0.394 e. The van der Waals surface area contributed by atoms with Crippen molar-refractivity contribution in [3.05, 3.63) is 75.9 Å². The molecule has 0 saturated carbocycles. The van der Waals surface area contributed by atoms with Gasteiger partial charge in [0.25, 0.3) is 0 Å². The van der Waals surface area contributed by atoms with Crippen molar-refractivity contribution in [3.8, 4) is 16.9 Å². The predicted octanol–water partition coefficient (Wildman–Crippen LogP) is 3.69. The minimum atomic E-state index is -4.78. The van der Waals surface area contributed by atoms with Gasteiger partial charge in [0.15, 0.2) is 5.82 Å². The summed E-state index contributed by atoms with van der Waals surface area (Å²) in [7, 11) is 0. The highest BCUT2D eigenvalue weighted by Gasteiger charge is 2.48. The van der Waals surface area contributed by atoms with Crippen LogP contribution in [0.4, 0.5) is 17.6 Å². The van der Waals surface area contributed by atoms with Crippen LogP contribution in [0, 0.1) is 12.7 Å². The van der Waals surface area contributed by atoms with Gasteiger partial charge in [0.05, 0.1) is 34.8 Å². The molecule has 1 aliphatic heterocycles. The largest absolute Gasteiger partial charge is 0.418 e. The molecule has 0 aliphatic carbocycles. The van der Waals surface area contributed by atoms with Crippen LogP contribution in [0.1, 0.15) is 29.4 Å². The second-order valence-electron chi connectivity index (χ2n) is 9.03. The van der Waals surface area contributed by atoms with Crippen molar-refractivity contribution in [2.75, 3.05) is 6.61 Å². The van der Waals surface area contributed by atoms with Gasteiger partial charge in [0.1, 0.15) is 42.1 Å². The number of rotatable bonds is 5. The van der Waals surface area contributed by atoms with Gasteiger partial charge < -0.3 is 20.1 Å². The second-order valence-corrected chi connectivity index (χ2v) is 9.87. The lowest BCUT2D eigenvalue weighted by Gasteiger charge is -2.42. The van der Waals surface area contributed by atoms with Crippen molar-refractivity contribution in [1.82, 2.24) is 29.5 Å². The molecule has 4 aromatic rings. The molecule has 1 saturated heterocycles. The number of alkyl halides is 3. The third-order valence-electron chi connectivity index (χ3n) is 6.39. The van der Waals surface area contributed by atoms with Crippen molar-refractivity contribution in [1.29, 1.82) is 0 Å². The van der Waals surface area contributed by atoms with E-state index in [0.29, 0.717) is 5.56 Å². The summed E-state index contributed by atoms with van der Waals surface area (Å²) in [6.45, 7) is 0.720. The number of nitrogens with zero attached hydrogens (tertiary/aromatic N) is 6. The lowest BCUT2D eigenvalue weighted by Crippen LogP contribution is -2.53. The fourth-order valence-electron chi connectivity index (χ4n) is 4.55. The molecule has 0 radical (unpaired) electrons. The molecule has 1 aliphatic rings. The Kier molecular flexibility index (Phi) is 7.58. The molecule has 1 aromatic carbocycles. The molecule has 3 N–H and O–H groups in total. The summed E-state index contributed by atoms with van der Waals surface area (Å²) in [5, 5.41) is 40.3. The van der Waals surface area contributed by atoms with E-state index in [9.17, 15) is 32.9 Å². The van der Waals surface area contributed by atoms with Gasteiger partial charge in [-0.2, -0.15) is 23.4 Å². The average Bonchev–Trinajstić information content (AvgIpc) is 3.52. The first kappa shape index (κ1) is 28.4. The number of benzene rings is 1. The Morgan fingerprint density at radius 1 is 1.10 bits per heavy atom. The van der Waals surface area contributed by atoms with Gasteiger partial charge in [-0.15, -0.1) is 0 Å². The van der Waals surface area contributed by atoms with Gasteiger partial charge in [-0.05, 0) is 25.1 Å². The van der Waals surface area contributed by atoms with Crippen LogP contribution in [-0.4, -0.2) is 69.8 Å². The molecule has 3 aromatic heterocycles. The van der Waals surface area contributed by atoms with E-state index >= 15 is 0 Å². The Balaban J connectivity index is 1.58. The Morgan fingerprint density at radius 3 is 2.52 bits per heavy atom. The lowest BCUT2D eigenvalue weighted by molar-refractivity contribution is -0.210. The van der Waals surface area contributed by atoms with Gasteiger partial charge in [-0.3, -0.25) is 9.67 Å². The number of aliphatic hydroxyl groups excluding tert-OH is 3. The maximum absolute atomic E-state index is 14.0. The van der Waals surface area contributed by atoms with Crippen LogP contribution < -0.4 is 0 Å². The Hall–Kier alpha value is -3.14. The molecule has 16 heteroatoms. The van der Waals surface area contributed by atoms with Crippen molar-refractivity contribution in [3.63, 3.8) is 0 Å². The van der Waals surface area contributed by atoms with E-state index in [1.807, 2.05) is 0 Å². The van der Waals surface area contributed by atoms with Crippen molar-refractivity contribution < 1.29 is 37.6 Å². The smallest absolute Gasteiger partial charge is 0.394 e. The number of hydrogen-bond acceptors (Lipinski definition) is 8. The van der Waals surface area contributed by atoms with Gasteiger partial charge >= 0.3 is 6.18 Å². The van der Waals surface area contributed by atoms with E-state index in [1.54, 1.807) is 0 Å². The molecule has 4 heterocycles. The molecular weight excluding hydrogens is 583 g/mol. The van der Waals surface area contributed by atoms with Crippen LogP contribution in [0.3, 0.4) is 0 Å². The number of ether oxygens (including phenoxy) is 1. The zero-order chi connectivity index (χ0) is 28.9. The van der Waals surface area contributed by atoms with Crippen LogP contribution in [0.15, 0.2) is 42.9 Å². The fourth-order valence-corrected chi connectivity index (χ4v) is 4.82. The number of aliphatic hydroxyl groups is 3. The number of halogens is 6. The highest BCUT2D eigenvalue weighted by molar-refractivity contribution is 6.31. The standard InChI is InChI=1S/C24H20Cl2F4N6O4/c1-10-33-23(36(34-10)17-4-12(25)2-3-13(17)24(28,29)30)22-21(39)19(20(38)18(9-37)40-22)35-8-11(6-32-35)16-5-15(27)14(26)7-31-16/h2-8,18-22,37-39H,9H2,1H3/t18?,19?,20-,21-,22+/m0/s1. The van der Waals surface area contributed by atoms with Gasteiger partial charge in [-0.1, -0.05) is 23.2 Å². The molecule has 40 heavy (non-hydrogen) atoms. The molecule has 5 atom stereocenters. The summed E-state index contributed by atoms with van der Waals surface area (Å²) >= 11 is 11.7. The Labute approximate surface area is 233 Å². The number of pyridine rings is 1. The fraction of sp³-hybridized carbons (Fsp3) is 0.333. The van der Waals surface area contributed by atoms with Crippen LogP contribution in [-0.2, 0) is 10.9 Å². The molecule has 212 valence electrons. The van der Waals surface area contributed by atoms with Gasteiger partial charge in [-0.25, -0.2) is 14.1 Å². The monoisotopic (exact) mass is 602 g/mol. The van der Waals surface area contributed by atoms with E-state index < -0.39 is 60.3 Å². The maximum Gasteiger partial charge on any atom is 0.418 e. The third kappa shape index (κ3) is 5.18. The zero-order valence-corrected chi connectivity index (χ0v) is 21.8. The first-order valence-corrected chi connectivity index (χ1v) is 12.4. The topological polar surface area (TPSA) is 131 Å². The van der Waals surface area contributed by atoms with E-state index in [1.165, 1.54) is 24.0 Å². The molecule has 2 unspecified atom stereocenters. The molecule has 0 amide bonds. The van der Waals surface area contributed by atoms with Crippen LogP contribution >= 0.6 is 23.2 Å². The summed E-state index contributed by atoms with van der Waals surface area (Å²) in [4.78, 5) is 8.25. The zero-order valence-electron chi connectivity index (χ0n) is 20.3. The molecule has 10 nitrogen and oxygen atoms in total. The second kappa shape index (κ2) is 10.7. The predicted molar refractivity (Wildman–Crippen MR) is 132 cm³/mol. The van der Waals surface area contributed by atoms with Crippen LogP contribution in [0.25, 0.3) is 16.9 Å². The van der Waals surface area contributed by atoms with E-state index in [-0.39, 0.29) is 27.4 Å². The van der Waals surface area contributed by atoms with E-state index in [0.717, 1.165) is 35.1 Å². The summed E-state index contributed by atoms with van der Waals surface area (Å²) in [5.74, 6) is -0.902. The third-order valence-corrected chi connectivity index (χ3v) is 6.90. The average molecular weight is 603 g/mol. The summed E-state index contributed by atoms with van der Waals surface area (Å²) < 4.78 is 63.3. The number of aryl methyl sites for hydroxylation is 1. The van der Waals surface area contributed by atoms with Crippen molar-refractivity contribution >= 4 is 23.2 Å². The van der Waals surface area contributed by atoms with Crippen molar-refractivity contribution in [2.24, 2.45) is 0 Å². The first-order chi connectivity index (χ1) is 18.9. The maximum atomic E-state index is 14.0. The molecule has 5 rings (SSSR count). The molecule has 0 spiro atoms. The SMILES string of the molecule is Cc1nc([C@@H]2OC(CO)[C@H](O)C(n3cc(-c4cc(F)c(Cl)cn4)cn3)[C@@H]2O)n(-c2cc(Cl)ccc2C(F)(F)F)n1. The van der Waals surface area contributed by atoms with Crippen LogP contribution in [0.5, 0.6) is 0 Å². The molecule has 1 fully saturated rings. The van der Waals surface area contributed by atoms with Crippen LogP contribution in [0.2, 0.25) is 10.0 Å². The minimum absolute atomic E-state index is 0.00920. The Bertz CT molecular complexity index is 1550. The number of aromatic nitrogens is 6. The highest BCUT2D eigenvalue weighted by atomic mass is 35.5. The Morgan fingerprint density at radius 2 is 1.85 bits per heavy atom. The van der Waals surface area contributed by atoms with Crippen molar-refractivity contribution in [2.45, 2.75) is 43.6 Å². The number of hydrogen-bond donors (Lipinski definition) is 3. The summed E-state index contributed by atoms with van der Waals surface area (Å²) in [5.41, 5.74) is -1.06. The quantitative estimate of drug-likeness (QED) is 0.295. The molecular formula is C24H20Cl2F4N6O4.